The maximum atomic E-state index is 12.0. The van der Waals surface area contributed by atoms with Gasteiger partial charge in [-0.2, -0.15) is 0 Å². The number of nitro benzene ring substituents is 1. The molecule has 1 aromatic carbocycles. The number of nitrogens with one attached hydrogen (secondary N) is 1. The highest BCUT2D eigenvalue weighted by molar-refractivity contribution is 5.97. The van der Waals surface area contributed by atoms with E-state index in [1.165, 1.54) is 25.3 Å². The number of aliphatic hydroxyl groups is 1. The van der Waals surface area contributed by atoms with E-state index in [1.54, 1.807) is 0 Å². The maximum absolute atomic E-state index is 12.0. The van der Waals surface area contributed by atoms with Crippen LogP contribution in [0.2, 0.25) is 0 Å². The van der Waals surface area contributed by atoms with Gasteiger partial charge in [-0.15, -0.1) is 0 Å². The standard InChI is InChI=1S/C14H20N2O5/c1-21-13-7-6-11(16(19)20)10-12(13)14(18)15-8-4-2-3-5-9-17/h6-7,10,17H,2-5,8-9H2,1H3,(H,15,18). The molecule has 0 aliphatic rings. The van der Waals surface area contributed by atoms with Gasteiger partial charge < -0.3 is 15.2 Å². The van der Waals surface area contributed by atoms with Crippen LogP contribution in [0, 0.1) is 10.1 Å². The van der Waals surface area contributed by atoms with Crippen LogP contribution in [-0.4, -0.2) is 36.2 Å². The van der Waals surface area contributed by atoms with Crippen molar-refractivity contribution in [2.45, 2.75) is 25.7 Å². The number of unbranched alkanes of at least 4 members (excludes halogenated alkanes) is 3. The Labute approximate surface area is 123 Å². The van der Waals surface area contributed by atoms with Crippen molar-refractivity contribution in [2.24, 2.45) is 0 Å². The molecular formula is C14H20N2O5. The molecule has 0 fully saturated rings. The third-order valence-electron chi connectivity index (χ3n) is 3.01. The van der Waals surface area contributed by atoms with E-state index < -0.39 is 10.8 Å². The molecule has 1 rings (SSSR count). The molecule has 0 aliphatic carbocycles. The van der Waals surface area contributed by atoms with Crippen LogP contribution < -0.4 is 10.1 Å². The first-order chi connectivity index (χ1) is 10.1. The van der Waals surface area contributed by atoms with Crippen LogP contribution in [0.3, 0.4) is 0 Å². The molecule has 0 radical (unpaired) electrons. The number of non-ortho nitro benzene ring substituents is 1. The minimum absolute atomic E-state index is 0.149. The summed E-state index contributed by atoms with van der Waals surface area (Å²) < 4.78 is 5.05. The summed E-state index contributed by atoms with van der Waals surface area (Å²) in [6, 6.07) is 3.92. The lowest BCUT2D eigenvalue weighted by molar-refractivity contribution is -0.384. The second kappa shape index (κ2) is 8.91. The van der Waals surface area contributed by atoms with Crippen LogP contribution in [0.5, 0.6) is 5.75 Å². The van der Waals surface area contributed by atoms with E-state index in [2.05, 4.69) is 5.32 Å². The van der Waals surface area contributed by atoms with Crippen LogP contribution >= 0.6 is 0 Å². The zero-order chi connectivity index (χ0) is 15.7. The molecular weight excluding hydrogens is 276 g/mol. The summed E-state index contributed by atoms with van der Waals surface area (Å²) in [5.41, 5.74) is 0.00551. The van der Waals surface area contributed by atoms with Gasteiger partial charge in [-0.05, 0) is 18.9 Å². The molecule has 0 aromatic heterocycles. The van der Waals surface area contributed by atoms with Crippen molar-refractivity contribution >= 4 is 11.6 Å². The summed E-state index contributed by atoms with van der Waals surface area (Å²) in [5, 5.41) is 22.1. The number of nitrogens with zero attached hydrogens (tertiary/aromatic N) is 1. The normalized spacial score (nSPS) is 10.2. The third kappa shape index (κ3) is 5.39. The van der Waals surface area contributed by atoms with Crippen molar-refractivity contribution in [1.29, 1.82) is 0 Å². The summed E-state index contributed by atoms with van der Waals surface area (Å²) in [6.07, 6.45) is 3.37. The molecule has 7 heteroatoms. The van der Waals surface area contributed by atoms with E-state index in [1.807, 2.05) is 0 Å². The molecule has 0 saturated carbocycles. The Morgan fingerprint density at radius 1 is 1.33 bits per heavy atom. The van der Waals surface area contributed by atoms with Gasteiger partial charge in [0.1, 0.15) is 5.75 Å². The fourth-order valence-electron chi connectivity index (χ4n) is 1.87. The van der Waals surface area contributed by atoms with Gasteiger partial charge in [-0.1, -0.05) is 12.8 Å². The number of nitro groups is 1. The first kappa shape index (κ1) is 16.9. The van der Waals surface area contributed by atoms with E-state index in [-0.39, 0.29) is 17.9 Å². The Hall–Kier alpha value is -2.15. The Morgan fingerprint density at radius 3 is 2.67 bits per heavy atom. The summed E-state index contributed by atoms with van der Waals surface area (Å²) in [4.78, 5) is 22.2. The van der Waals surface area contributed by atoms with E-state index in [0.717, 1.165) is 25.7 Å². The summed E-state index contributed by atoms with van der Waals surface area (Å²) >= 11 is 0. The molecule has 116 valence electrons. The molecule has 0 atom stereocenters. The minimum Gasteiger partial charge on any atom is -0.496 e. The number of methoxy groups -OCH3 is 1. The minimum atomic E-state index is -0.550. The SMILES string of the molecule is COc1ccc([N+](=O)[O-])cc1C(=O)NCCCCCCO. The lowest BCUT2D eigenvalue weighted by atomic mass is 10.1. The molecule has 0 bridgehead atoms. The first-order valence-corrected chi connectivity index (χ1v) is 6.81. The number of carbonyl (C=O) groups is 1. The van der Waals surface area contributed by atoms with Crippen molar-refractivity contribution in [3.8, 4) is 5.75 Å². The number of hydrogen-bond donors (Lipinski definition) is 2. The number of carbonyl (C=O) groups excluding carboxylic acids is 1. The fraction of sp³-hybridized carbons (Fsp3) is 0.500. The number of amides is 1. The average Bonchev–Trinajstić information content (AvgIpc) is 2.49. The van der Waals surface area contributed by atoms with Crippen LogP contribution in [0.1, 0.15) is 36.0 Å². The Morgan fingerprint density at radius 2 is 2.05 bits per heavy atom. The topological polar surface area (TPSA) is 102 Å². The van der Waals surface area contributed by atoms with Crippen LogP contribution in [0.25, 0.3) is 0 Å². The molecule has 1 aromatic rings. The zero-order valence-electron chi connectivity index (χ0n) is 12.0. The Kier molecular flexibility index (Phi) is 7.17. The van der Waals surface area contributed by atoms with Gasteiger partial charge in [0.25, 0.3) is 11.6 Å². The number of hydrogen-bond acceptors (Lipinski definition) is 5. The molecule has 0 heterocycles. The van der Waals surface area contributed by atoms with Crippen LogP contribution in [-0.2, 0) is 0 Å². The van der Waals surface area contributed by atoms with Crippen molar-refractivity contribution in [1.82, 2.24) is 5.32 Å². The van der Waals surface area contributed by atoms with Crippen LogP contribution in [0.15, 0.2) is 18.2 Å². The highest BCUT2D eigenvalue weighted by Gasteiger charge is 2.16. The predicted octanol–water partition coefficient (Wildman–Crippen LogP) is 1.89. The third-order valence-corrected chi connectivity index (χ3v) is 3.01. The summed E-state index contributed by atoms with van der Waals surface area (Å²) in [5.74, 6) is -0.0870. The molecule has 7 nitrogen and oxygen atoms in total. The molecule has 0 spiro atoms. The van der Waals surface area contributed by atoms with Gasteiger partial charge in [-0.25, -0.2) is 0 Å². The smallest absolute Gasteiger partial charge is 0.270 e. The molecule has 2 N–H and O–H groups in total. The van der Waals surface area contributed by atoms with Crippen molar-refractivity contribution in [2.75, 3.05) is 20.3 Å². The van der Waals surface area contributed by atoms with Crippen molar-refractivity contribution in [3.63, 3.8) is 0 Å². The predicted molar refractivity (Wildman–Crippen MR) is 77.5 cm³/mol. The van der Waals surface area contributed by atoms with Gasteiger partial charge in [0.2, 0.25) is 0 Å². The molecule has 1 amide bonds. The highest BCUT2D eigenvalue weighted by atomic mass is 16.6. The highest BCUT2D eigenvalue weighted by Crippen LogP contribution is 2.23. The van der Waals surface area contributed by atoms with Gasteiger partial charge in [0.05, 0.1) is 17.6 Å². The molecule has 0 aliphatic heterocycles. The number of ether oxygens (including phenoxy) is 1. The second-order valence-corrected chi connectivity index (χ2v) is 4.54. The van der Waals surface area contributed by atoms with E-state index in [4.69, 9.17) is 9.84 Å². The van der Waals surface area contributed by atoms with E-state index >= 15 is 0 Å². The van der Waals surface area contributed by atoms with Gasteiger partial charge in [0, 0.05) is 25.3 Å². The lowest BCUT2D eigenvalue weighted by Crippen LogP contribution is -2.25. The molecule has 21 heavy (non-hydrogen) atoms. The van der Waals surface area contributed by atoms with Gasteiger partial charge in [-0.3, -0.25) is 14.9 Å². The van der Waals surface area contributed by atoms with E-state index in [9.17, 15) is 14.9 Å². The second-order valence-electron chi connectivity index (χ2n) is 4.54. The van der Waals surface area contributed by atoms with Crippen molar-refractivity contribution in [3.05, 3.63) is 33.9 Å². The largest absolute Gasteiger partial charge is 0.496 e. The molecule has 0 unspecified atom stereocenters. The summed E-state index contributed by atoms with van der Waals surface area (Å²) in [7, 11) is 1.41. The number of benzene rings is 1. The lowest BCUT2D eigenvalue weighted by Gasteiger charge is -2.09. The maximum Gasteiger partial charge on any atom is 0.270 e. The van der Waals surface area contributed by atoms with Crippen molar-refractivity contribution < 1.29 is 19.6 Å². The summed E-state index contributed by atoms with van der Waals surface area (Å²) in [6.45, 7) is 0.660. The zero-order valence-corrected chi connectivity index (χ0v) is 12.0. The van der Waals surface area contributed by atoms with Gasteiger partial charge in [0.15, 0.2) is 0 Å². The fourth-order valence-corrected chi connectivity index (χ4v) is 1.87. The quantitative estimate of drug-likeness (QED) is 0.411. The average molecular weight is 296 g/mol. The van der Waals surface area contributed by atoms with E-state index in [0.29, 0.717) is 12.3 Å². The number of aliphatic hydroxyl groups excluding tert-OH is 1. The Bertz CT molecular complexity index is 490. The monoisotopic (exact) mass is 296 g/mol. The molecule has 0 saturated heterocycles. The van der Waals surface area contributed by atoms with Gasteiger partial charge >= 0.3 is 0 Å². The van der Waals surface area contributed by atoms with Crippen LogP contribution in [0.4, 0.5) is 5.69 Å². The number of rotatable bonds is 9. The first-order valence-electron chi connectivity index (χ1n) is 6.81. The Balaban J connectivity index is 2.59.